The fourth-order valence-corrected chi connectivity index (χ4v) is 1.52. The molecule has 0 aromatic heterocycles. The molecule has 0 bridgehead atoms. The Bertz CT molecular complexity index is 232. The number of hydrogen-bond acceptors (Lipinski definition) is 2. The number of carbonyl (C=O) groups excluding carboxylic acids is 1. The summed E-state index contributed by atoms with van der Waals surface area (Å²) in [5, 5.41) is 0. The van der Waals surface area contributed by atoms with E-state index in [1.54, 1.807) is 4.90 Å². The van der Waals surface area contributed by atoms with Crippen molar-refractivity contribution in [2.24, 2.45) is 11.7 Å². The Balaban J connectivity index is 2.46. The van der Waals surface area contributed by atoms with E-state index in [9.17, 15) is 4.79 Å². The van der Waals surface area contributed by atoms with Gasteiger partial charge in [0.1, 0.15) is 0 Å². The quantitative estimate of drug-likeness (QED) is 0.586. The van der Waals surface area contributed by atoms with E-state index in [4.69, 9.17) is 12.2 Å². The van der Waals surface area contributed by atoms with Gasteiger partial charge >= 0.3 is 0 Å². The number of terminal acetylenes is 1. The number of piperidine rings is 1. The molecule has 3 heteroatoms. The molecule has 1 aliphatic heterocycles. The lowest BCUT2D eigenvalue weighted by Crippen LogP contribution is -2.49. The molecule has 2 unspecified atom stereocenters. The molecule has 72 valence electrons. The fourth-order valence-electron chi connectivity index (χ4n) is 1.52. The lowest BCUT2D eigenvalue weighted by atomic mass is 9.94. The van der Waals surface area contributed by atoms with Gasteiger partial charge in [-0.05, 0) is 12.3 Å². The highest BCUT2D eigenvalue weighted by molar-refractivity contribution is 5.78. The molecular weight excluding hydrogens is 164 g/mol. The van der Waals surface area contributed by atoms with Crippen LogP contribution >= 0.6 is 0 Å². The third-order valence-electron chi connectivity index (χ3n) is 2.62. The van der Waals surface area contributed by atoms with Crippen LogP contribution in [0, 0.1) is 18.3 Å². The van der Waals surface area contributed by atoms with Gasteiger partial charge in [0.25, 0.3) is 0 Å². The normalized spacial score (nSPS) is 28.2. The highest BCUT2D eigenvalue weighted by Gasteiger charge is 2.25. The van der Waals surface area contributed by atoms with Crippen LogP contribution in [-0.4, -0.2) is 29.9 Å². The first-order valence-corrected chi connectivity index (χ1v) is 4.62. The lowest BCUT2D eigenvalue weighted by Gasteiger charge is -2.34. The number of rotatable bonds is 1. The van der Waals surface area contributed by atoms with Crippen LogP contribution in [0.3, 0.4) is 0 Å². The Morgan fingerprint density at radius 3 is 3.00 bits per heavy atom. The van der Waals surface area contributed by atoms with Crippen LogP contribution in [0.4, 0.5) is 0 Å². The molecule has 0 saturated carbocycles. The third kappa shape index (κ3) is 2.46. The van der Waals surface area contributed by atoms with Gasteiger partial charge in [0, 0.05) is 19.1 Å². The number of carbonyl (C=O) groups is 1. The first-order chi connectivity index (χ1) is 6.15. The van der Waals surface area contributed by atoms with E-state index in [0.717, 1.165) is 13.0 Å². The van der Waals surface area contributed by atoms with Crippen molar-refractivity contribution in [3.63, 3.8) is 0 Å². The standard InChI is InChI=1S/C10H16N2O/c1-3-4-10(13)12-6-5-8(2)9(11)7-12/h1,8-9H,4-7,11H2,2H3. The second-order valence-electron chi connectivity index (χ2n) is 3.65. The maximum Gasteiger partial charge on any atom is 0.234 e. The Morgan fingerprint density at radius 1 is 1.77 bits per heavy atom. The summed E-state index contributed by atoms with van der Waals surface area (Å²) in [6, 6.07) is 0.107. The molecule has 1 fully saturated rings. The predicted molar refractivity (Wildman–Crippen MR) is 51.8 cm³/mol. The molecule has 1 amide bonds. The van der Waals surface area contributed by atoms with Crippen molar-refractivity contribution in [1.82, 2.24) is 4.90 Å². The zero-order valence-electron chi connectivity index (χ0n) is 7.99. The number of hydrogen-bond donors (Lipinski definition) is 1. The fraction of sp³-hybridized carbons (Fsp3) is 0.700. The maximum absolute atomic E-state index is 11.4. The second-order valence-corrected chi connectivity index (χ2v) is 3.65. The zero-order valence-corrected chi connectivity index (χ0v) is 7.99. The SMILES string of the molecule is C#CCC(=O)N1CCC(C)C(N)C1. The van der Waals surface area contributed by atoms with E-state index in [0.29, 0.717) is 12.5 Å². The molecule has 2 N–H and O–H groups in total. The first-order valence-electron chi connectivity index (χ1n) is 4.62. The van der Waals surface area contributed by atoms with Crippen molar-refractivity contribution in [2.75, 3.05) is 13.1 Å². The van der Waals surface area contributed by atoms with Crippen LogP contribution in [0.2, 0.25) is 0 Å². The van der Waals surface area contributed by atoms with E-state index in [2.05, 4.69) is 12.8 Å². The summed E-state index contributed by atoms with van der Waals surface area (Å²) in [4.78, 5) is 13.1. The summed E-state index contributed by atoms with van der Waals surface area (Å²) in [6.07, 6.45) is 6.25. The Morgan fingerprint density at radius 2 is 2.46 bits per heavy atom. The van der Waals surface area contributed by atoms with Crippen molar-refractivity contribution in [3.8, 4) is 12.3 Å². The van der Waals surface area contributed by atoms with E-state index in [1.165, 1.54) is 0 Å². The molecule has 1 rings (SSSR count). The minimum Gasteiger partial charge on any atom is -0.340 e. The Kier molecular flexibility index (Phi) is 3.32. The highest BCUT2D eigenvalue weighted by atomic mass is 16.2. The van der Waals surface area contributed by atoms with Crippen LogP contribution in [0.15, 0.2) is 0 Å². The monoisotopic (exact) mass is 180 g/mol. The number of likely N-dealkylation sites (tertiary alicyclic amines) is 1. The number of nitrogens with two attached hydrogens (primary N) is 1. The van der Waals surface area contributed by atoms with Crippen molar-refractivity contribution >= 4 is 5.91 Å². The molecule has 0 radical (unpaired) electrons. The largest absolute Gasteiger partial charge is 0.340 e. The zero-order chi connectivity index (χ0) is 9.84. The summed E-state index contributed by atoms with van der Waals surface area (Å²) in [6.45, 7) is 3.57. The maximum atomic E-state index is 11.4. The summed E-state index contributed by atoms with van der Waals surface area (Å²) in [5.41, 5.74) is 5.86. The average Bonchev–Trinajstić information content (AvgIpc) is 2.10. The average molecular weight is 180 g/mol. The van der Waals surface area contributed by atoms with Crippen LogP contribution < -0.4 is 5.73 Å². The smallest absolute Gasteiger partial charge is 0.234 e. The summed E-state index contributed by atoms with van der Waals surface area (Å²) < 4.78 is 0. The molecule has 1 heterocycles. The minimum absolute atomic E-state index is 0.0323. The summed E-state index contributed by atoms with van der Waals surface area (Å²) >= 11 is 0. The van der Waals surface area contributed by atoms with Gasteiger partial charge in [-0.3, -0.25) is 4.79 Å². The number of amides is 1. The van der Waals surface area contributed by atoms with Gasteiger partial charge in [0.15, 0.2) is 0 Å². The molecule has 1 aliphatic rings. The molecule has 0 aliphatic carbocycles. The molecule has 0 spiro atoms. The molecule has 1 saturated heterocycles. The second kappa shape index (κ2) is 4.29. The Labute approximate surface area is 79.3 Å². The van der Waals surface area contributed by atoms with Crippen molar-refractivity contribution in [2.45, 2.75) is 25.8 Å². The van der Waals surface area contributed by atoms with Crippen molar-refractivity contribution in [3.05, 3.63) is 0 Å². The van der Waals surface area contributed by atoms with Crippen molar-refractivity contribution in [1.29, 1.82) is 0 Å². The van der Waals surface area contributed by atoms with Crippen LogP contribution in [0.1, 0.15) is 19.8 Å². The molecule has 3 nitrogen and oxygen atoms in total. The van der Waals surface area contributed by atoms with Gasteiger partial charge in [-0.2, -0.15) is 0 Å². The van der Waals surface area contributed by atoms with E-state index in [1.807, 2.05) is 0 Å². The van der Waals surface area contributed by atoms with Gasteiger partial charge in [-0.25, -0.2) is 0 Å². The van der Waals surface area contributed by atoms with Crippen LogP contribution in [0.25, 0.3) is 0 Å². The molecular formula is C10H16N2O. The molecule has 0 aromatic rings. The van der Waals surface area contributed by atoms with E-state index >= 15 is 0 Å². The van der Waals surface area contributed by atoms with Gasteiger partial charge in [0.2, 0.25) is 5.91 Å². The van der Waals surface area contributed by atoms with Gasteiger partial charge in [-0.1, -0.05) is 12.8 Å². The van der Waals surface area contributed by atoms with E-state index < -0.39 is 0 Å². The lowest BCUT2D eigenvalue weighted by molar-refractivity contribution is -0.131. The minimum atomic E-state index is 0.0323. The van der Waals surface area contributed by atoms with Gasteiger partial charge in [-0.15, -0.1) is 6.42 Å². The summed E-state index contributed by atoms with van der Waals surface area (Å²) in [5.74, 6) is 2.90. The molecule has 13 heavy (non-hydrogen) atoms. The third-order valence-corrected chi connectivity index (χ3v) is 2.62. The Hall–Kier alpha value is -1.01. The predicted octanol–water partition coefficient (Wildman–Crippen LogP) is 0.205. The molecule has 0 aromatic carbocycles. The first kappa shape index (κ1) is 10.1. The summed E-state index contributed by atoms with van der Waals surface area (Å²) in [7, 11) is 0. The highest BCUT2D eigenvalue weighted by Crippen LogP contribution is 2.15. The topological polar surface area (TPSA) is 46.3 Å². The van der Waals surface area contributed by atoms with Crippen molar-refractivity contribution < 1.29 is 4.79 Å². The van der Waals surface area contributed by atoms with Crippen LogP contribution in [0.5, 0.6) is 0 Å². The van der Waals surface area contributed by atoms with Gasteiger partial charge in [0.05, 0.1) is 6.42 Å². The number of nitrogens with zero attached hydrogens (tertiary/aromatic N) is 1. The van der Waals surface area contributed by atoms with Gasteiger partial charge < -0.3 is 10.6 Å². The molecule has 2 atom stereocenters. The van der Waals surface area contributed by atoms with Crippen LogP contribution in [-0.2, 0) is 4.79 Å². The van der Waals surface area contributed by atoms with E-state index in [-0.39, 0.29) is 18.4 Å².